The van der Waals surface area contributed by atoms with E-state index in [1.54, 1.807) is 16.4 Å². The molecule has 1 saturated heterocycles. The summed E-state index contributed by atoms with van der Waals surface area (Å²) in [6.07, 6.45) is 4.24. The zero-order valence-corrected chi connectivity index (χ0v) is 14.3. The number of nitrogens with two attached hydrogens (primary N) is 1. The lowest BCUT2D eigenvalue weighted by Crippen LogP contribution is -2.35. The van der Waals surface area contributed by atoms with E-state index in [4.69, 9.17) is 5.73 Å². The number of rotatable bonds is 5. The van der Waals surface area contributed by atoms with Gasteiger partial charge in [-0.1, -0.05) is 12.1 Å². The van der Waals surface area contributed by atoms with E-state index < -0.39 is 10.0 Å². The lowest BCUT2D eigenvalue weighted by atomic mass is 10.2. The molecule has 1 saturated carbocycles. The van der Waals surface area contributed by atoms with Crippen molar-refractivity contribution in [1.82, 2.24) is 9.21 Å². The van der Waals surface area contributed by atoms with Gasteiger partial charge in [-0.15, -0.1) is 0 Å². The molecule has 2 N–H and O–H groups in total. The van der Waals surface area contributed by atoms with Crippen molar-refractivity contribution >= 4 is 16.0 Å². The third-order valence-electron chi connectivity index (χ3n) is 4.51. The molecular formula is C16H24N4O2S. The van der Waals surface area contributed by atoms with Gasteiger partial charge >= 0.3 is 0 Å². The predicted molar refractivity (Wildman–Crippen MR) is 90.5 cm³/mol. The number of sulfonamides is 1. The molecule has 2 fully saturated rings. The third-order valence-corrected chi connectivity index (χ3v) is 6.42. The maximum absolute atomic E-state index is 12.5. The second-order valence-electron chi connectivity index (χ2n) is 6.27. The number of nitrogens with zero attached hydrogens (tertiary/aromatic N) is 3. The summed E-state index contributed by atoms with van der Waals surface area (Å²) in [5.41, 5.74) is 6.92. The average molecular weight is 336 g/mol. The molecule has 2 aliphatic rings. The highest BCUT2D eigenvalue weighted by Gasteiger charge is 2.28. The van der Waals surface area contributed by atoms with Crippen LogP contribution in [0.25, 0.3) is 0 Å². The van der Waals surface area contributed by atoms with Crippen molar-refractivity contribution < 1.29 is 8.42 Å². The molecule has 3 rings (SSSR count). The first-order valence-electron chi connectivity index (χ1n) is 8.10. The Bertz CT molecular complexity index is 675. The molecule has 1 aliphatic carbocycles. The standard InChI is InChI=1S/C16H24N4O2S/c1-19(14-6-7-14)16(17)18-12-13-4-8-15(9-5-13)23(21,22)20-10-2-3-11-20/h4-5,8-9,14H,2-3,6-7,10-12H2,1H3,(H2,17,18). The van der Waals surface area contributed by atoms with Crippen LogP contribution >= 0.6 is 0 Å². The molecule has 6 nitrogen and oxygen atoms in total. The van der Waals surface area contributed by atoms with Crippen LogP contribution in [0, 0.1) is 0 Å². The fourth-order valence-corrected chi connectivity index (χ4v) is 4.29. The molecule has 0 atom stereocenters. The van der Waals surface area contributed by atoms with Gasteiger partial charge in [-0.25, -0.2) is 13.4 Å². The molecule has 7 heteroatoms. The summed E-state index contributed by atoms with van der Waals surface area (Å²) >= 11 is 0. The van der Waals surface area contributed by atoms with Crippen LogP contribution < -0.4 is 5.73 Å². The molecule has 1 aliphatic heterocycles. The van der Waals surface area contributed by atoms with E-state index in [0.29, 0.717) is 36.5 Å². The molecule has 0 radical (unpaired) electrons. The van der Waals surface area contributed by atoms with Crippen LogP contribution in [0.15, 0.2) is 34.2 Å². The van der Waals surface area contributed by atoms with E-state index in [9.17, 15) is 8.42 Å². The summed E-state index contributed by atoms with van der Waals surface area (Å²) in [6, 6.07) is 7.50. The van der Waals surface area contributed by atoms with Gasteiger partial charge in [-0.2, -0.15) is 4.31 Å². The zero-order valence-electron chi connectivity index (χ0n) is 13.5. The van der Waals surface area contributed by atoms with Crippen molar-refractivity contribution in [2.45, 2.75) is 43.2 Å². The van der Waals surface area contributed by atoms with Gasteiger partial charge in [-0.3, -0.25) is 0 Å². The first kappa shape index (κ1) is 16.3. The van der Waals surface area contributed by atoms with Crippen molar-refractivity contribution in [3.05, 3.63) is 29.8 Å². The van der Waals surface area contributed by atoms with E-state index >= 15 is 0 Å². The summed E-state index contributed by atoms with van der Waals surface area (Å²) in [7, 11) is -1.38. The Balaban J connectivity index is 1.66. The normalized spacial score (nSPS) is 20.0. The number of aliphatic imine (C=N–C) groups is 1. The molecular weight excluding hydrogens is 312 g/mol. The molecule has 126 valence electrons. The molecule has 23 heavy (non-hydrogen) atoms. The minimum absolute atomic E-state index is 0.357. The Morgan fingerprint density at radius 3 is 2.43 bits per heavy atom. The molecule has 1 heterocycles. The summed E-state index contributed by atoms with van der Waals surface area (Å²) in [4.78, 5) is 6.75. The Hall–Kier alpha value is -1.60. The molecule has 1 aromatic rings. The Labute approximate surface area is 138 Å². The van der Waals surface area contributed by atoms with E-state index in [2.05, 4.69) is 4.99 Å². The van der Waals surface area contributed by atoms with Crippen LogP contribution in [0.2, 0.25) is 0 Å². The SMILES string of the molecule is CN(C(N)=NCc1ccc(S(=O)(=O)N2CCCC2)cc1)C1CC1. The van der Waals surface area contributed by atoms with Crippen LogP contribution in [-0.4, -0.2) is 49.8 Å². The van der Waals surface area contributed by atoms with Gasteiger partial charge in [0.25, 0.3) is 0 Å². The van der Waals surface area contributed by atoms with Crippen LogP contribution in [0.1, 0.15) is 31.2 Å². The minimum Gasteiger partial charge on any atom is -0.370 e. The summed E-state index contributed by atoms with van der Waals surface area (Å²) < 4.78 is 26.5. The van der Waals surface area contributed by atoms with Crippen molar-refractivity contribution in [2.75, 3.05) is 20.1 Å². The topological polar surface area (TPSA) is 79.0 Å². The van der Waals surface area contributed by atoms with Gasteiger partial charge < -0.3 is 10.6 Å². The van der Waals surface area contributed by atoms with Crippen LogP contribution in [0.3, 0.4) is 0 Å². The fraction of sp³-hybridized carbons (Fsp3) is 0.562. The number of hydrogen-bond acceptors (Lipinski definition) is 3. The van der Waals surface area contributed by atoms with Crippen molar-refractivity contribution in [3.63, 3.8) is 0 Å². The van der Waals surface area contributed by atoms with Crippen LogP contribution in [0.5, 0.6) is 0 Å². The van der Waals surface area contributed by atoms with E-state index in [0.717, 1.165) is 18.4 Å². The van der Waals surface area contributed by atoms with E-state index in [1.165, 1.54) is 12.8 Å². The first-order chi connectivity index (χ1) is 11.0. The monoisotopic (exact) mass is 336 g/mol. The predicted octanol–water partition coefficient (Wildman–Crippen LogP) is 1.38. The second kappa shape index (κ2) is 6.49. The van der Waals surface area contributed by atoms with Gasteiger partial charge in [0.05, 0.1) is 11.4 Å². The third kappa shape index (κ3) is 3.67. The van der Waals surface area contributed by atoms with Gasteiger partial charge in [0.2, 0.25) is 10.0 Å². The van der Waals surface area contributed by atoms with Crippen LogP contribution in [-0.2, 0) is 16.6 Å². The fourth-order valence-electron chi connectivity index (χ4n) is 2.78. The van der Waals surface area contributed by atoms with Crippen molar-refractivity contribution in [1.29, 1.82) is 0 Å². The lowest BCUT2D eigenvalue weighted by molar-refractivity contribution is 0.477. The number of benzene rings is 1. The van der Waals surface area contributed by atoms with Gasteiger partial charge in [0, 0.05) is 26.2 Å². The van der Waals surface area contributed by atoms with Crippen molar-refractivity contribution in [3.8, 4) is 0 Å². The molecule has 0 amide bonds. The molecule has 0 aromatic heterocycles. The Kier molecular flexibility index (Phi) is 4.59. The maximum Gasteiger partial charge on any atom is 0.243 e. The summed E-state index contributed by atoms with van der Waals surface area (Å²) in [5.74, 6) is 0.543. The molecule has 0 bridgehead atoms. The van der Waals surface area contributed by atoms with Crippen LogP contribution in [0.4, 0.5) is 0 Å². The van der Waals surface area contributed by atoms with Crippen molar-refractivity contribution in [2.24, 2.45) is 10.7 Å². The highest BCUT2D eigenvalue weighted by Crippen LogP contribution is 2.25. The second-order valence-corrected chi connectivity index (χ2v) is 8.21. The Morgan fingerprint density at radius 1 is 1.26 bits per heavy atom. The number of guanidine groups is 1. The lowest BCUT2D eigenvalue weighted by Gasteiger charge is -2.17. The quantitative estimate of drug-likeness (QED) is 0.651. The van der Waals surface area contributed by atoms with E-state index in [1.807, 2.05) is 24.1 Å². The van der Waals surface area contributed by atoms with Gasteiger partial charge in [0.1, 0.15) is 0 Å². The highest BCUT2D eigenvalue weighted by molar-refractivity contribution is 7.89. The first-order valence-corrected chi connectivity index (χ1v) is 9.54. The van der Waals surface area contributed by atoms with Gasteiger partial charge in [0.15, 0.2) is 5.96 Å². The largest absolute Gasteiger partial charge is 0.370 e. The molecule has 0 unspecified atom stereocenters. The minimum atomic E-state index is -3.34. The molecule has 1 aromatic carbocycles. The summed E-state index contributed by atoms with van der Waals surface area (Å²) in [6.45, 7) is 1.71. The smallest absolute Gasteiger partial charge is 0.243 e. The average Bonchev–Trinajstić information content (AvgIpc) is 3.25. The zero-order chi connectivity index (χ0) is 16.4. The summed E-state index contributed by atoms with van der Waals surface area (Å²) in [5, 5.41) is 0. The molecule has 0 spiro atoms. The van der Waals surface area contributed by atoms with E-state index in [-0.39, 0.29) is 0 Å². The maximum atomic E-state index is 12.5. The Morgan fingerprint density at radius 2 is 1.87 bits per heavy atom. The van der Waals surface area contributed by atoms with Gasteiger partial charge in [-0.05, 0) is 43.4 Å². The highest BCUT2D eigenvalue weighted by atomic mass is 32.2. The number of hydrogen-bond donors (Lipinski definition) is 1.